The molecule has 1 aliphatic carbocycles. The molecule has 3 fully saturated rings. The number of carbonyl (C=O) groups is 2. The molecule has 6 heteroatoms. The largest absolute Gasteiger partial charge is 0.478 e. The highest BCUT2D eigenvalue weighted by molar-refractivity contribution is 5.89. The molecule has 2 aliphatic heterocycles. The molecule has 2 N–H and O–H groups in total. The Bertz CT molecular complexity index is 700. The molecule has 0 aromatic carbocycles. The Morgan fingerprint density at radius 1 is 1.33 bits per heavy atom. The van der Waals surface area contributed by atoms with Gasteiger partial charge in [0.05, 0.1) is 41.1 Å². The zero-order valence-corrected chi connectivity index (χ0v) is 13.7. The van der Waals surface area contributed by atoms with E-state index in [1.807, 2.05) is 6.92 Å². The Labute approximate surface area is 140 Å². The number of carbonyl (C=O) groups excluding carboxylic acids is 1. The number of nitrogens with zero attached hydrogens (tertiary/aromatic N) is 1. The lowest BCUT2D eigenvalue weighted by Crippen LogP contribution is -2.44. The average molecular weight is 330 g/mol. The van der Waals surface area contributed by atoms with E-state index in [-0.39, 0.29) is 29.6 Å². The zero-order chi connectivity index (χ0) is 16.9. The molecule has 6 nitrogen and oxygen atoms in total. The number of nitrogens with one attached hydrogen (secondary N) is 1. The van der Waals surface area contributed by atoms with Crippen LogP contribution in [0.2, 0.25) is 0 Å². The minimum atomic E-state index is -0.938. The fraction of sp³-hybridized carbons (Fsp3) is 0.611. The molecule has 1 aromatic rings. The van der Waals surface area contributed by atoms with E-state index in [0.29, 0.717) is 17.9 Å². The number of amides is 1. The lowest BCUT2D eigenvalue weighted by Gasteiger charge is -2.29. The molecule has 3 atom stereocenters. The van der Waals surface area contributed by atoms with Gasteiger partial charge in [-0.3, -0.25) is 9.78 Å². The molecule has 4 rings (SSSR count). The van der Waals surface area contributed by atoms with Crippen molar-refractivity contribution < 1.29 is 19.4 Å². The van der Waals surface area contributed by atoms with Crippen molar-refractivity contribution in [1.29, 1.82) is 0 Å². The van der Waals surface area contributed by atoms with E-state index in [1.54, 1.807) is 12.1 Å². The smallest absolute Gasteiger partial charge is 0.337 e. The fourth-order valence-corrected chi connectivity index (χ4v) is 4.01. The number of pyridine rings is 1. The van der Waals surface area contributed by atoms with Crippen LogP contribution < -0.4 is 5.32 Å². The molecule has 0 radical (unpaired) electrons. The number of hydrogen-bond donors (Lipinski definition) is 2. The Hall–Kier alpha value is -1.95. The van der Waals surface area contributed by atoms with Crippen molar-refractivity contribution in [1.82, 2.24) is 10.3 Å². The van der Waals surface area contributed by atoms with Crippen LogP contribution in [0, 0.1) is 5.41 Å². The number of hydrogen-bond acceptors (Lipinski definition) is 4. The maximum atomic E-state index is 12.6. The van der Waals surface area contributed by atoms with Crippen LogP contribution in [0.4, 0.5) is 0 Å². The van der Waals surface area contributed by atoms with Gasteiger partial charge in [-0.25, -0.2) is 4.79 Å². The highest BCUT2D eigenvalue weighted by Gasteiger charge is 2.53. The second-order valence-electron chi connectivity index (χ2n) is 7.44. The van der Waals surface area contributed by atoms with Gasteiger partial charge in [0.1, 0.15) is 0 Å². The quantitative estimate of drug-likeness (QED) is 0.864. The van der Waals surface area contributed by atoms with E-state index >= 15 is 0 Å². The predicted octanol–water partition coefficient (Wildman–Crippen LogP) is 2.23. The Balaban J connectivity index is 1.45. The lowest BCUT2D eigenvalue weighted by atomic mass is 9.75. The van der Waals surface area contributed by atoms with Crippen LogP contribution in [-0.4, -0.2) is 34.2 Å². The van der Waals surface area contributed by atoms with Gasteiger partial charge < -0.3 is 15.2 Å². The number of aromatic carboxylic acids is 1. The summed E-state index contributed by atoms with van der Waals surface area (Å²) in [6, 6.07) is 3.29. The molecular formula is C18H22N2O4. The Kier molecular flexibility index (Phi) is 3.60. The van der Waals surface area contributed by atoms with Crippen molar-refractivity contribution in [3.05, 3.63) is 29.1 Å². The summed E-state index contributed by atoms with van der Waals surface area (Å²) in [6.45, 7) is 2.30. The molecule has 3 aliphatic rings. The first-order valence-corrected chi connectivity index (χ1v) is 8.64. The monoisotopic (exact) mass is 330 g/mol. The Morgan fingerprint density at radius 3 is 2.71 bits per heavy atom. The van der Waals surface area contributed by atoms with Gasteiger partial charge in [-0.15, -0.1) is 0 Å². The normalized spacial score (nSPS) is 31.2. The summed E-state index contributed by atoms with van der Waals surface area (Å²) in [5.41, 5.74) is 1.19. The summed E-state index contributed by atoms with van der Waals surface area (Å²) in [7, 11) is 0. The minimum Gasteiger partial charge on any atom is -0.478 e. The molecule has 0 spiro atoms. The van der Waals surface area contributed by atoms with Crippen LogP contribution in [0.5, 0.6) is 0 Å². The van der Waals surface area contributed by atoms with Gasteiger partial charge in [0.2, 0.25) is 5.91 Å². The van der Waals surface area contributed by atoms with E-state index in [9.17, 15) is 14.7 Å². The molecule has 1 saturated carbocycles. The topological polar surface area (TPSA) is 88.5 Å². The molecular weight excluding hydrogens is 308 g/mol. The van der Waals surface area contributed by atoms with Gasteiger partial charge in [-0.05, 0) is 51.2 Å². The maximum Gasteiger partial charge on any atom is 0.337 e. The second-order valence-corrected chi connectivity index (χ2v) is 7.44. The first-order chi connectivity index (χ1) is 11.5. The summed E-state index contributed by atoms with van der Waals surface area (Å²) in [5.74, 6) is -0.679. The number of rotatable bonds is 5. The zero-order valence-electron chi connectivity index (χ0n) is 13.7. The summed E-state index contributed by atoms with van der Waals surface area (Å²) in [6.07, 6.45) is 5.00. The minimum absolute atomic E-state index is 0.00628. The third kappa shape index (κ3) is 2.59. The average Bonchev–Trinajstić information content (AvgIpc) is 3.23. The van der Waals surface area contributed by atoms with E-state index in [0.717, 1.165) is 32.1 Å². The lowest BCUT2D eigenvalue weighted by molar-refractivity contribution is -0.133. The van der Waals surface area contributed by atoms with Crippen molar-refractivity contribution in [2.24, 2.45) is 5.41 Å². The SMILES string of the molecule is C[C@]1(C(=O)NCc2ccc(C(=O)O)c(C3CC3)n2)C[C@H]2CC[C@@H]1O2. The van der Waals surface area contributed by atoms with Crippen molar-refractivity contribution in [3.63, 3.8) is 0 Å². The molecule has 24 heavy (non-hydrogen) atoms. The first kappa shape index (κ1) is 15.6. The summed E-state index contributed by atoms with van der Waals surface area (Å²) >= 11 is 0. The van der Waals surface area contributed by atoms with E-state index in [1.165, 1.54) is 0 Å². The van der Waals surface area contributed by atoms with Crippen molar-refractivity contribution >= 4 is 11.9 Å². The predicted molar refractivity (Wildman–Crippen MR) is 85.6 cm³/mol. The number of carboxylic acid groups (broad SMARTS) is 1. The number of carboxylic acids is 1. The van der Waals surface area contributed by atoms with Crippen LogP contribution in [0.25, 0.3) is 0 Å². The van der Waals surface area contributed by atoms with E-state index in [4.69, 9.17) is 4.74 Å². The number of aromatic nitrogens is 1. The third-order valence-corrected chi connectivity index (χ3v) is 5.60. The van der Waals surface area contributed by atoms with Crippen LogP contribution in [0.15, 0.2) is 12.1 Å². The van der Waals surface area contributed by atoms with E-state index in [2.05, 4.69) is 10.3 Å². The van der Waals surface area contributed by atoms with Crippen molar-refractivity contribution in [3.8, 4) is 0 Å². The number of ether oxygens (including phenoxy) is 1. The number of fused-ring (bicyclic) bond motifs is 2. The van der Waals surface area contributed by atoms with Gasteiger partial charge >= 0.3 is 5.97 Å². The first-order valence-electron chi connectivity index (χ1n) is 8.64. The van der Waals surface area contributed by atoms with Crippen LogP contribution in [-0.2, 0) is 16.1 Å². The maximum absolute atomic E-state index is 12.6. The van der Waals surface area contributed by atoms with Gasteiger partial charge in [0.25, 0.3) is 0 Å². The molecule has 1 amide bonds. The summed E-state index contributed by atoms with van der Waals surface area (Å²) < 4.78 is 5.82. The van der Waals surface area contributed by atoms with Crippen LogP contribution in [0.1, 0.15) is 66.7 Å². The Morgan fingerprint density at radius 2 is 2.12 bits per heavy atom. The van der Waals surface area contributed by atoms with Gasteiger partial charge in [0, 0.05) is 5.92 Å². The summed E-state index contributed by atoms with van der Waals surface area (Å²) in [4.78, 5) is 28.4. The van der Waals surface area contributed by atoms with Gasteiger partial charge in [0.15, 0.2) is 0 Å². The molecule has 2 saturated heterocycles. The van der Waals surface area contributed by atoms with Crippen LogP contribution in [0.3, 0.4) is 0 Å². The van der Waals surface area contributed by atoms with Crippen molar-refractivity contribution in [2.75, 3.05) is 0 Å². The van der Waals surface area contributed by atoms with E-state index < -0.39 is 11.4 Å². The van der Waals surface area contributed by atoms with Gasteiger partial charge in [-0.1, -0.05) is 0 Å². The molecule has 128 valence electrons. The third-order valence-electron chi connectivity index (χ3n) is 5.60. The highest BCUT2D eigenvalue weighted by Crippen LogP contribution is 2.47. The fourth-order valence-electron chi connectivity index (χ4n) is 4.01. The standard InChI is InChI=1S/C18H22N2O4/c1-18(8-12-5-7-14(18)24-12)17(23)19-9-11-4-6-13(16(21)22)15(20-11)10-2-3-10/h4,6,10,12,14H,2-3,5,7-9H2,1H3,(H,19,23)(H,21,22)/t12-,14+,18+/m1/s1. The summed E-state index contributed by atoms with van der Waals surface area (Å²) in [5, 5.41) is 12.2. The molecule has 1 aromatic heterocycles. The molecule has 0 unspecified atom stereocenters. The molecule has 3 heterocycles. The van der Waals surface area contributed by atoms with Crippen molar-refractivity contribution in [2.45, 2.75) is 63.7 Å². The van der Waals surface area contributed by atoms with Gasteiger partial charge in [-0.2, -0.15) is 0 Å². The highest BCUT2D eigenvalue weighted by atomic mass is 16.5. The second kappa shape index (κ2) is 5.55. The molecule has 2 bridgehead atoms. The van der Waals surface area contributed by atoms with Crippen LogP contribution >= 0.6 is 0 Å².